The van der Waals surface area contributed by atoms with Crippen LogP contribution in [-0.4, -0.2) is 41.4 Å². The number of hydrogen-bond donors (Lipinski definition) is 0. The van der Waals surface area contributed by atoms with E-state index >= 15 is 0 Å². The zero-order chi connectivity index (χ0) is 30.7. The molecule has 0 rings (SSSR count). The highest BCUT2D eigenvalue weighted by atomic mass is 28.4. The van der Waals surface area contributed by atoms with Crippen molar-refractivity contribution in [1.82, 2.24) is 0 Å². The Hall–Kier alpha value is -1.48. The Bertz CT molecular complexity index is 922. The lowest BCUT2D eigenvalue weighted by atomic mass is 10.1. The monoisotopic (exact) mass is 576 g/mol. The summed E-state index contributed by atoms with van der Waals surface area (Å²) in [6, 6.07) is 0. The third-order valence-corrected chi connectivity index (χ3v) is 16.9. The molecular weight excluding hydrogens is 517 g/mol. The number of ether oxygens (including phenoxy) is 1. The number of hydrogen-bond acceptors (Lipinski definition) is 4. The van der Waals surface area contributed by atoms with E-state index in [4.69, 9.17) is 13.6 Å². The van der Waals surface area contributed by atoms with Crippen LogP contribution in [-0.2, 0) is 18.4 Å². The Kier molecular flexibility index (Phi) is 15.5. The van der Waals surface area contributed by atoms with Gasteiger partial charge in [-0.2, -0.15) is 0 Å². The average Bonchev–Trinajstić information content (AvgIpc) is 2.74. The summed E-state index contributed by atoms with van der Waals surface area (Å²) in [6.45, 7) is 33.7. The number of esters is 1. The Morgan fingerprint density at radius 2 is 1.33 bits per heavy atom. The highest BCUT2D eigenvalue weighted by molar-refractivity contribution is 6.74. The third-order valence-electron chi connectivity index (χ3n) is 7.81. The summed E-state index contributed by atoms with van der Waals surface area (Å²) < 4.78 is 18.5. The lowest BCUT2D eigenvalue weighted by Crippen LogP contribution is -2.46. The summed E-state index contributed by atoms with van der Waals surface area (Å²) in [6.07, 6.45) is 15.9. The number of carbonyl (C=O) groups excluding carboxylic acids is 1. The molecule has 0 amide bonds. The van der Waals surface area contributed by atoms with Gasteiger partial charge in [0.2, 0.25) is 0 Å². The molecular formula is C33H60O4Si2. The van der Waals surface area contributed by atoms with Crippen LogP contribution < -0.4 is 0 Å². The molecule has 224 valence electrons. The van der Waals surface area contributed by atoms with Crippen molar-refractivity contribution in [1.29, 1.82) is 0 Å². The summed E-state index contributed by atoms with van der Waals surface area (Å²) in [4.78, 5) is 11.5. The van der Waals surface area contributed by atoms with Crippen LogP contribution in [0.15, 0.2) is 59.3 Å². The molecule has 0 aliphatic heterocycles. The van der Waals surface area contributed by atoms with Gasteiger partial charge >= 0.3 is 5.97 Å². The minimum atomic E-state index is -1.92. The zero-order valence-electron chi connectivity index (χ0n) is 28.0. The highest BCUT2D eigenvalue weighted by Crippen LogP contribution is 2.40. The Morgan fingerprint density at radius 3 is 1.85 bits per heavy atom. The maximum absolute atomic E-state index is 11.5. The SMILES string of the molecule is CCOC(=O)/C=C/C(C)=C/C(C)=C/C=C/C(C)=C/C[C@@H](C[C@H](C)O[Si](C)(C)C(C)(C)C)O[Si](C)(C)C(C)(C)C. The minimum absolute atomic E-state index is 0.128. The summed E-state index contributed by atoms with van der Waals surface area (Å²) in [7, 11) is -3.76. The maximum atomic E-state index is 11.5. The summed E-state index contributed by atoms with van der Waals surface area (Å²) >= 11 is 0. The number of rotatable bonds is 14. The highest BCUT2D eigenvalue weighted by Gasteiger charge is 2.41. The van der Waals surface area contributed by atoms with Crippen molar-refractivity contribution in [3.63, 3.8) is 0 Å². The van der Waals surface area contributed by atoms with Crippen LogP contribution in [0.4, 0.5) is 0 Å². The number of allylic oxidation sites excluding steroid dienone is 8. The Labute approximate surface area is 243 Å². The van der Waals surface area contributed by atoms with Crippen molar-refractivity contribution in [3.05, 3.63) is 59.3 Å². The van der Waals surface area contributed by atoms with Crippen LogP contribution in [0.3, 0.4) is 0 Å². The maximum Gasteiger partial charge on any atom is 0.330 e. The van der Waals surface area contributed by atoms with E-state index < -0.39 is 16.6 Å². The molecule has 0 aromatic carbocycles. The molecule has 39 heavy (non-hydrogen) atoms. The van der Waals surface area contributed by atoms with Gasteiger partial charge < -0.3 is 13.6 Å². The molecule has 0 aliphatic rings. The average molecular weight is 577 g/mol. The van der Waals surface area contributed by atoms with Gasteiger partial charge in [-0.3, -0.25) is 0 Å². The summed E-state index contributed by atoms with van der Waals surface area (Å²) in [5.74, 6) is -0.315. The quantitative estimate of drug-likeness (QED) is 0.0893. The molecule has 0 radical (unpaired) electrons. The molecule has 0 N–H and O–H groups in total. The largest absolute Gasteiger partial charge is 0.463 e. The smallest absolute Gasteiger partial charge is 0.330 e. The summed E-state index contributed by atoms with van der Waals surface area (Å²) in [5.41, 5.74) is 3.32. The van der Waals surface area contributed by atoms with Crippen molar-refractivity contribution < 1.29 is 18.4 Å². The topological polar surface area (TPSA) is 44.8 Å². The molecule has 0 fully saturated rings. The van der Waals surface area contributed by atoms with Gasteiger partial charge in [0.15, 0.2) is 16.6 Å². The van der Waals surface area contributed by atoms with Crippen molar-refractivity contribution in [2.75, 3.05) is 6.61 Å². The van der Waals surface area contributed by atoms with Crippen LogP contribution in [0.5, 0.6) is 0 Å². The lowest BCUT2D eigenvalue weighted by Gasteiger charge is -2.42. The molecule has 0 saturated heterocycles. The molecule has 0 spiro atoms. The molecule has 6 heteroatoms. The van der Waals surface area contributed by atoms with Crippen LogP contribution >= 0.6 is 0 Å². The fraction of sp³-hybridized carbons (Fsp3) is 0.667. The van der Waals surface area contributed by atoms with Crippen molar-refractivity contribution in [3.8, 4) is 0 Å². The number of carbonyl (C=O) groups is 1. The van der Waals surface area contributed by atoms with Gasteiger partial charge in [-0.15, -0.1) is 0 Å². The standard InChI is InChI=1S/C33H60O4Si2/c1-16-35-31(34)23-21-28(4)24-27(3)19-17-18-26(2)20-22-30(37-39(14,15)33(9,10)11)25-29(5)36-38(12,13)32(6,7)8/h17-21,23-24,29-30H,16,22,25H2,1-15H3/b18-17+,23-21+,26-20+,27-19+,28-24+/t29-,30-/m0/s1. The molecule has 0 aliphatic carbocycles. The molecule has 0 bridgehead atoms. The van der Waals surface area contributed by atoms with Gasteiger partial charge in [-0.1, -0.05) is 94.7 Å². The van der Waals surface area contributed by atoms with Crippen molar-refractivity contribution in [2.45, 2.75) is 137 Å². The first-order chi connectivity index (χ1) is 17.6. The van der Waals surface area contributed by atoms with E-state index in [1.807, 2.05) is 13.0 Å². The van der Waals surface area contributed by atoms with E-state index in [-0.39, 0.29) is 28.3 Å². The minimum Gasteiger partial charge on any atom is -0.463 e. The normalized spacial score (nSPS) is 16.7. The van der Waals surface area contributed by atoms with E-state index in [0.29, 0.717) is 6.61 Å². The fourth-order valence-electron chi connectivity index (χ4n) is 3.47. The lowest BCUT2D eigenvalue weighted by molar-refractivity contribution is -0.137. The fourth-order valence-corrected chi connectivity index (χ4v) is 6.30. The van der Waals surface area contributed by atoms with Crippen molar-refractivity contribution in [2.24, 2.45) is 0 Å². The van der Waals surface area contributed by atoms with Gasteiger partial charge in [0.25, 0.3) is 0 Å². The van der Waals surface area contributed by atoms with Crippen LogP contribution in [0.1, 0.15) is 89.0 Å². The van der Waals surface area contributed by atoms with Crippen molar-refractivity contribution >= 4 is 22.6 Å². The van der Waals surface area contributed by atoms with Gasteiger partial charge in [-0.25, -0.2) is 4.79 Å². The molecule has 0 unspecified atom stereocenters. The van der Waals surface area contributed by atoms with Gasteiger partial charge in [0.1, 0.15) is 0 Å². The second kappa shape index (κ2) is 16.1. The first-order valence-corrected chi connectivity index (χ1v) is 20.3. The van der Waals surface area contributed by atoms with Crippen LogP contribution in [0.2, 0.25) is 36.3 Å². The van der Waals surface area contributed by atoms with Gasteiger partial charge in [0, 0.05) is 12.2 Å². The van der Waals surface area contributed by atoms with Gasteiger partial charge in [-0.05, 0) is 83.7 Å². The van der Waals surface area contributed by atoms with Crippen LogP contribution in [0.25, 0.3) is 0 Å². The predicted octanol–water partition coefficient (Wildman–Crippen LogP) is 10.1. The van der Waals surface area contributed by atoms with E-state index in [9.17, 15) is 4.79 Å². The second-order valence-electron chi connectivity index (χ2n) is 13.9. The Balaban J connectivity index is 5.53. The summed E-state index contributed by atoms with van der Waals surface area (Å²) in [5, 5.41) is 0.349. The van der Waals surface area contributed by atoms with Crippen LogP contribution in [0, 0.1) is 0 Å². The van der Waals surface area contributed by atoms with E-state index in [0.717, 1.165) is 24.0 Å². The van der Waals surface area contributed by atoms with E-state index in [2.05, 4.69) is 113 Å². The van der Waals surface area contributed by atoms with Gasteiger partial charge in [0.05, 0.1) is 12.7 Å². The van der Waals surface area contributed by atoms with E-state index in [1.54, 1.807) is 13.0 Å². The molecule has 0 aromatic rings. The zero-order valence-corrected chi connectivity index (χ0v) is 30.0. The second-order valence-corrected chi connectivity index (χ2v) is 23.4. The predicted molar refractivity (Wildman–Crippen MR) is 175 cm³/mol. The molecule has 0 heterocycles. The Morgan fingerprint density at radius 1 is 0.795 bits per heavy atom. The molecule has 0 aromatic heterocycles. The molecule has 2 atom stereocenters. The third kappa shape index (κ3) is 15.2. The first kappa shape index (κ1) is 37.5. The molecule has 0 saturated carbocycles. The molecule has 4 nitrogen and oxygen atoms in total. The first-order valence-electron chi connectivity index (χ1n) is 14.5. The van der Waals surface area contributed by atoms with E-state index in [1.165, 1.54) is 11.6 Å².